The third-order valence-corrected chi connectivity index (χ3v) is 7.86. The standard InChI is InChI=1S/C27H30N2O5/c1-2-23(26(31)32)28-25(30)16-11-15-13-24(21(15)12-16)29-27(33)34-14-22-19-9-5-3-7-17(19)18-8-4-6-10-20(18)22/h3-10,15-16,21-24H,2,11-14H2,1H3,(H,28,30)(H,29,33)(H,31,32). The van der Waals surface area contributed by atoms with Crippen molar-refractivity contribution in [2.45, 2.75) is 50.6 Å². The summed E-state index contributed by atoms with van der Waals surface area (Å²) in [6.07, 6.45) is 2.17. The van der Waals surface area contributed by atoms with Gasteiger partial charge in [0.25, 0.3) is 0 Å². The van der Waals surface area contributed by atoms with Crippen molar-refractivity contribution in [1.82, 2.24) is 10.6 Å². The zero-order valence-electron chi connectivity index (χ0n) is 19.2. The molecule has 7 heteroatoms. The molecule has 0 saturated heterocycles. The summed E-state index contributed by atoms with van der Waals surface area (Å²) in [6.45, 7) is 2.02. The number of alkyl carbamates (subject to hydrolysis) is 1. The summed E-state index contributed by atoms with van der Waals surface area (Å²) in [5, 5.41) is 14.8. The molecule has 2 saturated carbocycles. The molecule has 2 aromatic rings. The fraction of sp³-hybridized carbons (Fsp3) is 0.444. The fourth-order valence-electron chi connectivity index (χ4n) is 6.03. The molecular formula is C27H30N2O5. The summed E-state index contributed by atoms with van der Waals surface area (Å²) in [5.74, 6) is -0.749. The Morgan fingerprint density at radius 3 is 2.26 bits per heavy atom. The van der Waals surface area contributed by atoms with Crippen LogP contribution in [0.3, 0.4) is 0 Å². The van der Waals surface area contributed by atoms with Gasteiger partial charge in [0.2, 0.25) is 5.91 Å². The average molecular weight is 463 g/mol. The van der Waals surface area contributed by atoms with E-state index in [1.165, 1.54) is 22.3 Å². The number of carboxylic acids is 1. The average Bonchev–Trinajstić information content (AvgIpc) is 3.34. The first-order valence-corrected chi connectivity index (χ1v) is 12.1. The van der Waals surface area contributed by atoms with Crippen LogP contribution in [0.5, 0.6) is 0 Å². The minimum Gasteiger partial charge on any atom is -0.480 e. The second kappa shape index (κ2) is 9.12. The molecule has 34 heavy (non-hydrogen) atoms. The predicted octanol–water partition coefficient (Wildman–Crippen LogP) is 3.92. The Balaban J connectivity index is 1.14. The van der Waals surface area contributed by atoms with E-state index in [0.717, 1.165) is 12.8 Å². The van der Waals surface area contributed by atoms with Crippen LogP contribution in [-0.4, -0.2) is 41.8 Å². The monoisotopic (exact) mass is 462 g/mol. The van der Waals surface area contributed by atoms with Gasteiger partial charge >= 0.3 is 12.1 Å². The van der Waals surface area contributed by atoms with Crippen LogP contribution in [0.1, 0.15) is 49.7 Å². The van der Waals surface area contributed by atoms with Gasteiger partial charge in [-0.3, -0.25) is 4.79 Å². The molecule has 178 valence electrons. The predicted molar refractivity (Wildman–Crippen MR) is 126 cm³/mol. The molecule has 5 rings (SSSR count). The normalized spacial score (nSPS) is 25.3. The highest BCUT2D eigenvalue weighted by atomic mass is 16.5. The first-order valence-electron chi connectivity index (χ1n) is 12.1. The van der Waals surface area contributed by atoms with E-state index < -0.39 is 18.1 Å². The molecular weight excluding hydrogens is 432 g/mol. The number of aliphatic carboxylic acids is 1. The van der Waals surface area contributed by atoms with Crippen LogP contribution in [-0.2, 0) is 14.3 Å². The van der Waals surface area contributed by atoms with E-state index >= 15 is 0 Å². The lowest BCUT2D eigenvalue weighted by Gasteiger charge is -2.40. The lowest BCUT2D eigenvalue weighted by Crippen LogP contribution is -2.50. The molecule has 7 nitrogen and oxygen atoms in total. The topological polar surface area (TPSA) is 105 Å². The van der Waals surface area contributed by atoms with E-state index in [-0.39, 0.29) is 36.3 Å². The summed E-state index contributed by atoms with van der Waals surface area (Å²) in [5.41, 5.74) is 4.74. The molecule has 0 bridgehead atoms. The summed E-state index contributed by atoms with van der Waals surface area (Å²) < 4.78 is 5.67. The van der Waals surface area contributed by atoms with Gasteiger partial charge in [0, 0.05) is 17.9 Å². The van der Waals surface area contributed by atoms with E-state index in [9.17, 15) is 19.5 Å². The van der Waals surface area contributed by atoms with Crippen LogP contribution in [0.25, 0.3) is 11.1 Å². The number of fused-ring (bicyclic) bond motifs is 4. The van der Waals surface area contributed by atoms with Gasteiger partial charge < -0.3 is 20.5 Å². The molecule has 2 aromatic carbocycles. The van der Waals surface area contributed by atoms with Gasteiger partial charge in [0.05, 0.1) is 0 Å². The van der Waals surface area contributed by atoms with Crippen molar-refractivity contribution in [3.8, 4) is 11.1 Å². The Kier molecular flexibility index (Phi) is 6.02. The number of nitrogens with one attached hydrogen (secondary N) is 2. The first kappa shape index (κ1) is 22.4. The first-order chi connectivity index (χ1) is 16.5. The highest BCUT2D eigenvalue weighted by Crippen LogP contribution is 2.50. The van der Waals surface area contributed by atoms with E-state index in [1.54, 1.807) is 6.92 Å². The number of carbonyl (C=O) groups is 3. The quantitative estimate of drug-likeness (QED) is 0.579. The van der Waals surface area contributed by atoms with Crippen LogP contribution >= 0.6 is 0 Å². The maximum absolute atomic E-state index is 12.6. The van der Waals surface area contributed by atoms with E-state index in [2.05, 4.69) is 34.9 Å². The Labute approximate surface area is 198 Å². The Hall–Kier alpha value is -3.35. The van der Waals surface area contributed by atoms with Crippen molar-refractivity contribution in [3.05, 3.63) is 59.7 Å². The van der Waals surface area contributed by atoms with Crippen LogP contribution in [0.15, 0.2) is 48.5 Å². The minimum atomic E-state index is -1.01. The van der Waals surface area contributed by atoms with Gasteiger partial charge in [-0.25, -0.2) is 9.59 Å². The van der Waals surface area contributed by atoms with Gasteiger partial charge in [-0.1, -0.05) is 55.5 Å². The lowest BCUT2D eigenvalue weighted by molar-refractivity contribution is -0.142. The van der Waals surface area contributed by atoms with Crippen LogP contribution in [0.4, 0.5) is 4.79 Å². The van der Waals surface area contributed by atoms with Gasteiger partial charge in [0.15, 0.2) is 0 Å². The number of rotatable bonds is 7. The van der Waals surface area contributed by atoms with Crippen molar-refractivity contribution >= 4 is 18.0 Å². The number of hydrogen-bond acceptors (Lipinski definition) is 4. The number of hydrogen-bond donors (Lipinski definition) is 3. The second-order valence-electron chi connectivity index (χ2n) is 9.71. The van der Waals surface area contributed by atoms with Gasteiger partial charge in [0.1, 0.15) is 12.6 Å². The molecule has 5 unspecified atom stereocenters. The zero-order valence-corrected chi connectivity index (χ0v) is 19.2. The SMILES string of the molecule is CCC(NC(=O)C1CC2CC(NC(=O)OCC3c4ccccc4-c4ccccc43)C2C1)C(=O)O. The molecule has 3 N–H and O–H groups in total. The maximum Gasteiger partial charge on any atom is 0.407 e. The van der Waals surface area contributed by atoms with Crippen LogP contribution in [0, 0.1) is 17.8 Å². The highest BCUT2D eigenvalue weighted by molar-refractivity contribution is 5.85. The van der Waals surface area contributed by atoms with Gasteiger partial charge in [-0.2, -0.15) is 0 Å². The molecule has 3 aliphatic rings. The van der Waals surface area contributed by atoms with Crippen LogP contribution < -0.4 is 10.6 Å². The van der Waals surface area contributed by atoms with E-state index in [0.29, 0.717) is 18.8 Å². The largest absolute Gasteiger partial charge is 0.480 e. The molecule has 0 heterocycles. The number of carbonyl (C=O) groups excluding carboxylic acids is 2. The van der Waals surface area contributed by atoms with E-state index in [4.69, 9.17) is 4.74 Å². The van der Waals surface area contributed by atoms with Crippen molar-refractivity contribution in [1.29, 1.82) is 0 Å². The highest BCUT2D eigenvalue weighted by Gasteiger charge is 2.50. The van der Waals surface area contributed by atoms with Crippen molar-refractivity contribution in [3.63, 3.8) is 0 Å². The smallest absolute Gasteiger partial charge is 0.407 e. The van der Waals surface area contributed by atoms with Gasteiger partial charge in [-0.05, 0) is 59.8 Å². The Morgan fingerprint density at radius 1 is 1.00 bits per heavy atom. The number of benzene rings is 2. The molecule has 2 fully saturated rings. The van der Waals surface area contributed by atoms with Gasteiger partial charge in [-0.15, -0.1) is 0 Å². The summed E-state index contributed by atoms with van der Waals surface area (Å²) in [4.78, 5) is 36.4. The lowest BCUT2D eigenvalue weighted by atomic mass is 9.71. The molecule has 0 aromatic heterocycles. The van der Waals surface area contributed by atoms with Crippen LogP contribution in [0.2, 0.25) is 0 Å². The van der Waals surface area contributed by atoms with Crippen molar-refractivity contribution in [2.24, 2.45) is 17.8 Å². The summed E-state index contributed by atoms with van der Waals surface area (Å²) in [7, 11) is 0. The Morgan fingerprint density at radius 2 is 1.65 bits per heavy atom. The third-order valence-electron chi connectivity index (χ3n) is 7.86. The third kappa shape index (κ3) is 4.04. The van der Waals surface area contributed by atoms with Crippen molar-refractivity contribution in [2.75, 3.05) is 6.61 Å². The molecule has 0 radical (unpaired) electrons. The minimum absolute atomic E-state index is 0.0000959. The number of ether oxygens (including phenoxy) is 1. The molecule has 0 spiro atoms. The molecule has 5 atom stereocenters. The summed E-state index contributed by atoms with van der Waals surface area (Å²) in [6, 6.07) is 15.6. The maximum atomic E-state index is 12.6. The van der Waals surface area contributed by atoms with Crippen molar-refractivity contribution < 1.29 is 24.2 Å². The van der Waals surface area contributed by atoms with E-state index in [1.807, 2.05) is 24.3 Å². The fourth-order valence-corrected chi connectivity index (χ4v) is 6.03. The Bertz CT molecular complexity index is 1070. The molecule has 2 amide bonds. The number of amides is 2. The summed E-state index contributed by atoms with van der Waals surface area (Å²) >= 11 is 0. The molecule has 0 aliphatic heterocycles. The zero-order chi connectivity index (χ0) is 23.8. The second-order valence-corrected chi connectivity index (χ2v) is 9.71. The number of carboxylic acid groups (broad SMARTS) is 1. The molecule has 3 aliphatic carbocycles.